The molecule has 1 aliphatic heterocycles. The summed E-state index contributed by atoms with van der Waals surface area (Å²) in [6.45, 7) is 9.53. The van der Waals surface area contributed by atoms with Gasteiger partial charge in [0.1, 0.15) is 0 Å². The molecule has 0 saturated carbocycles. The van der Waals surface area contributed by atoms with Crippen LogP contribution in [-0.4, -0.2) is 50.2 Å². The van der Waals surface area contributed by atoms with Crippen LogP contribution >= 0.6 is 0 Å². The van der Waals surface area contributed by atoms with Gasteiger partial charge in [0.15, 0.2) is 0 Å². The number of nitrogens with one attached hydrogen (secondary N) is 1. The number of amides is 1. The lowest BCUT2D eigenvalue weighted by Crippen LogP contribution is -2.41. The molecule has 1 amide bonds. The Hall–Kier alpha value is -1.39. The Bertz CT molecular complexity index is 442. The summed E-state index contributed by atoms with van der Waals surface area (Å²) < 4.78 is 5.33. The molecule has 0 radical (unpaired) electrons. The van der Waals surface area contributed by atoms with E-state index in [4.69, 9.17) is 4.74 Å². The Labute approximate surface area is 133 Å². The van der Waals surface area contributed by atoms with Crippen molar-refractivity contribution in [2.24, 2.45) is 5.92 Å². The summed E-state index contributed by atoms with van der Waals surface area (Å²) >= 11 is 0. The monoisotopic (exact) mass is 304 g/mol. The number of ether oxygens (including phenoxy) is 1. The largest absolute Gasteiger partial charge is 0.379 e. The quantitative estimate of drug-likeness (QED) is 0.840. The van der Waals surface area contributed by atoms with Crippen molar-refractivity contribution in [1.29, 1.82) is 0 Å². The summed E-state index contributed by atoms with van der Waals surface area (Å²) in [6.07, 6.45) is 0.560. The molecule has 0 aromatic heterocycles. The number of carbonyl (C=O) groups excluding carboxylic acids is 1. The standard InChI is InChI=1S/C18H28N2O2/c1-15(2)17(16-6-4-3-5-7-16)14-18(21)19-8-9-20-10-12-22-13-11-20/h3-7,15,17H,8-14H2,1-2H3,(H,19,21). The number of rotatable bonds is 7. The minimum atomic E-state index is 0.149. The van der Waals surface area contributed by atoms with Crippen molar-refractivity contribution in [1.82, 2.24) is 10.2 Å². The minimum absolute atomic E-state index is 0.149. The highest BCUT2D eigenvalue weighted by atomic mass is 16.5. The third-order valence-electron chi connectivity index (χ3n) is 4.29. The third kappa shape index (κ3) is 5.43. The van der Waals surface area contributed by atoms with Crippen LogP contribution in [0.15, 0.2) is 30.3 Å². The number of morpholine rings is 1. The summed E-state index contributed by atoms with van der Waals surface area (Å²) in [4.78, 5) is 14.6. The summed E-state index contributed by atoms with van der Waals surface area (Å²) in [7, 11) is 0. The Morgan fingerprint density at radius 3 is 2.55 bits per heavy atom. The van der Waals surface area contributed by atoms with Crippen molar-refractivity contribution < 1.29 is 9.53 Å². The predicted octanol–water partition coefficient (Wildman–Crippen LogP) is 2.26. The van der Waals surface area contributed by atoms with Gasteiger partial charge in [0.2, 0.25) is 5.91 Å². The van der Waals surface area contributed by atoms with Gasteiger partial charge in [0.05, 0.1) is 13.2 Å². The highest BCUT2D eigenvalue weighted by Crippen LogP contribution is 2.27. The van der Waals surface area contributed by atoms with E-state index in [1.54, 1.807) is 0 Å². The molecule has 1 N–H and O–H groups in total. The van der Waals surface area contributed by atoms with Crippen LogP contribution in [0.2, 0.25) is 0 Å². The van der Waals surface area contributed by atoms with Crippen LogP contribution in [-0.2, 0) is 9.53 Å². The van der Waals surface area contributed by atoms with Gasteiger partial charge in [-0.3, -0.25) is 9.69 Å². The maximum Gasteiger partial charge on any atom is 0.220 e. The maximum absolute atomic E-state index is 12.2. The topological polar surface area (TPSA) is 41.6 Å². The molecule has 4 nitrogen and oxygen atoms in total. The van der Waals surface area contributed by atoms with Crippen molar-refractivity contribution >= 4 is 5.91 Å². The van der Waals surface area contributed by atoms with E-state index in [2.05, 4.69) is 36.2 Å². The van der Waals surface area contributed by atoms with E-state index >= 15 is 0 Å². The van der Waals surface area contributed by atoms with Gasteiger partial charge in [-0.2, -0.15) is 0 Å². The Balaban J connectivity index is 1.76. The molecule has 1 saturated heterocycles. The minimum Gasteiger partial charge on any atom is -0.379 e. The first-order chi connectivity index (χ1) is 10.7. The van der Waals surface area contributed by atoms with E-state index in [1.807, 2.05) is 18.2 Å². The summed E-state index contributed by atoms with van der Waals surface area (Å²) in [5.74, 6) is 0.882. The summed E-state index contributed by atoms with van der Waals surface area (Å²) in [5.41, 5.74) is 1.25. The van der Waals surface area contributed by atoms with Crippen LogP contribution in [0.3, 0.4) is 0 Å². The molecule has 1 aromatic rings. The lowest BCUT2D eigenvalue weighted by atomic mass is 9.85. The molecule has 4 heteroatoms. The van der Waals surface area contributed by atoms with E-state index < -0.39 is 0 Å². The lowest BCUT2D eigenvalue weighted by molar-refractivity contribution is -0.121. The van der Waals surface area contributed by atoms with E-state index in [9.17, 15) is 4.79 Å². The van der Waals surface area contributed by atoms with Gasteiger partial charge >= 0.3 is 0 Å². The van der Waals surface area contributed by atoms with Crippen molar-refractivity contribution in [3.8, 4) is 0 Å². The van der Waals surface area contributed by atoms with E-state index in [0.29, 0.717) is 12.3 Å². The van der Waals surface area contributed by atoms with Crippen LogP contribution in [0.4, 0.5) is 0 Å². The normalized spacial score (nSPS) is 17.4. The smallest absolute Gasteiger partial charge is 0.220 e. The number of hydrogen-bond donors (Lipinski definition) is 1. The number of hydrogen-bond acceptors (Lipinski definition) is 3. The highest BCUT2D eigenvalue weighted by Gasteiger charge is 2.19. The lowest BCUT2D eigenvalue weighted by Gasteiger charge is -2.26. The molecule has 1 aliphatic rings. The SMILES string of the molecule is CC(C)C(CC(=O)NCCN1CCOCC1)c1ccccc1. The van der Waals surface area contributed by atoms with Gasteiger partial charge in [0, 0.05) is 32.6 Å². The zero-order valence-corrected chi connectivity index (χ0v) is 13.8. The molecule has 0 bridgehead atoms. The number of benzene rings is 1. The average Bonchev–Trinajstić information content (AvgIpc) is 2.54. The van der Waals surface area contributed by atoms with Crippen molar-refractivity contribution in [2.75, 3.05) is 39.4 Å². The Morgan fingerprint density at radius 2 is 1.91 bits per heavy atom. The van der Waals surface area contributed by atoms with Gasteiger partial charge in [-0.05, 0) is 17.4 Å². The van der Waals surface area contributed by atoms with Gasteiger partial charge < -0.3 is 10.1 Å². The van der Waals surface area contributed by atoms with Crippen LogP contribution in [0.1, 0.15) is 31.7 Å². The molecule has 0 spiro atoms. The zero-order chi connectivity index (χ0) is 15.8. The Kier molecular flexibility index (Phi) is 6.87. The zero-order valence-electron chi connectivity index (χ0n) is 13.8. The third-order valence-corrected chi connectivity index (χ3v) is 4.29. The van der Waals surface area contributed by atoms with Crippen molar-refractivity contribution in [3.63, 3.8) is 0 Å². The van der Waals surface area contributed by atoms with Gasteiger partial charge in [-0.1, -0.05) is 44.2 Å². The predicted molar refractivity (Wildman–Crippen MR) is 88.9 cm³/mol. The van der Waals surface area contributed by atoms with Crippen molar-refractivity contribution in [3.05, 3.63) is 35.9 Å². The fourth-order valence-corrected chi connectivity index (χ4v) is 2.89. The number of nitrogens with zero attached hydrogens (tertiary/aromatic N) is 1. The second-order valence-electron chi connectivity index (χ2n) is 6.27. The molecular formula is C18H28N2O2. The van der Waals surface area contributed by atoms with Crippen molar-refractivity contribution in [2.45, 2.75) is 26.2 Å². The fraction of sp³-hybridized carbons (Fsp3) is 0.611. The maximum atomic E-state index is 12.2. The molecule has 1 heterocycles. The molecule has 1 atom stereocenters. The van der Waals surface area contributed by atoms with Crippen LogP contribution < -0.4 is 5.32 Å². The Morgan fingerprint density at radius 1 is 1.23 bits per heavy atom. The van der Waals surface area contributed by atoms with Crippen LogP contribution in [0.25, 0.3) is 0 Å². The summed E-state index contributed by atoms with van der Waals surface area (Å²) in [5, 5.41) is 3.06. The second kappa shape index (κ2) is 8.91. The average molecular weight is 304 g/mol. The van der Waals surface area contributed by atoms with E-state index in [0.717, 1.165) is 39.4 Å². The summed E-state index contributed by atoms with van der Waals surface area (Å²) in [6, 6.07) is 10.3. The first-order valence-corrected chi connectivity index (χ1v) is 8.28. The molecule has 122 valence electrons. The first kappa shape index (κ1) is 17.0. The molecular weight excluding hydrogens is 276 g/mol. The molecule has 0 aliphatic carbocycles. The van der Waals surface area contributed by atoms with Gasteiger partial charge in [0.25, 0.3) is 0 Å². The number of carbonyl (C=O) groups is 1. The molecule has 1 aromatic carbocycles. The van der Waals surface area contributed by atoms with Crippen LogP contribution in [0.5, 0.6) is 0 Å². The molecule has 1 fully saturated rings. The first-order valence-electron chi connectivity index (χ1n) is 8.28. The molecule has 2 rings (SSSR count). The van der Waals surface area contributed by atoms with Gasteiger partial charge in [-0.15, -0.1) is 0 Å². The molecule has 1 unspecified atom stereocenters. The second-order valence-corrected chi connectivity index (χ2v) is 6.27. The fourth-order valence-electron chi connectivity index (χ4n) is 2.89. The van der Waals surface area contributed by atoms with Crippen LogP contribution in [0, 0.1) is 5.92 Å². The highest BCUT2D eigenvalue weighted by molar-refractivity contribution is 5.76. The molecule has 22 heavy (non-hydrogen) atoms. The van der Waals surface area contributed by atoms with E-state index in [-0.39, 0.29) is 11.8 Å². The van der Waals surface area contributed by atoms with Gasteiger partial charge in [-0.25, -0.2) is 0 Å². The van der Waals surface area contributed by atoms with E-state index in [1.165, 1.54) is 5.56 Å².